The molecule has 2 heterocycles. The summed E-state index contributed by atoms with van der Waals surface area (Å²) in [5.74, 6) is 1.99. The summed E-state index contributed by atoms with van der Waals surface area (Å²) in [6, 6.07) is 8.37. The Labute approximate surface area is 117 Å². The van der Waals surface area contributed by atoms with E-state index in [4.69, 9.17) is 12.2 Å². The minimum absolute atomic E-state index is 0.870. The summed E-state index contributed by atoms with van der Waals surface area (Å²) in [5, 5.41) is 0. The van der Waals surface area contributed by atoms with Gasteiger partial charge in [0.25, 0.3) is 0 Å². The largest absolute Gasteiger partial charge is 0.313 e. The summed E-state index contributed by atoms with van der Waals surface area (Å²) in [7, 11) is 0. The first-order valence-electron chi connectivity index (χ1n) is 5.23. The summed E-state index contributed by atoms with van der Waals surface area (Å²) >= 11 is 10.7. The fourth-order valence-corrected chi connectivity index (χ4v) is 5.12. The molecular weight excluding hydrogens is 288 g/mol. The van der Waals surface area contributed by atoms with Crippen LogP contribution in [0.15, 0.2) is 29.3 Å². The Morgan fingerprint density at radius 2 is 2.29 bits per heavy atom. The van der Waals surface area contributed by atoms with Gasteiger partial charge in [0.2, 0.25) is 0 Å². The standard InChI is InChI=1S/C11H10N2S4/c14-11-13(7-16-10-12-5-6-15-10)8-3-1-2-4-9(8)17-11/h1-4H,5-7H2. The van der Waals surface area contributed by atoms with Gasteiger partial charge in [-0.1, -0.05) is 35.7 Å². The number of benzene rings is 1. The van der Waals surface area contributed by atoms with E-state index in [0.29, 0.717) is 0 Å². The van der Waals surface area contributed by atoms with Gasteiger partial charge in [0.15, 0.2) is 3.95 Å². The highest BCUT2D eigenvalue weighted by molar-refractivity contribution is 8.38. The van der Waals surface area contributed by atoms with Crippen molar-refractivity contribution in [3.8, 4) is 0 Å². The Morgan fingerprint density at radius 1 is 1.41 bits per heavy atom. The molecule has 0 bridgehead atoms. The van der Waals surface area contributed by atoms with Gasteiger partial charge >= 0.3 is 0 Å². The number of nitrogens with zero attached hydrogens (tertiary/aromatic N) is 2. The van der Waals surface area contributed by atoms with Crippen LogP contribution in [0, 0.1) is 3.95 Å². The van der Waals surface area contributed by atoms with E-state index in [1.807, 2.05) is 11.8 Å². The average molecular weight is 298 g/mol. The fourth-order valence-electron chi connectivity index (χ4n) is 1.66. The van der Waals surface area contributed by atoms with E-state index in [-0.39, 0.29) is 0 Å². The van der Waals surface area contributed by atoms with Crippen molar-refractivity contribution in [2.24, 2.45) is 4.99 Å². The van der Waals surface area contributed by atoms with Crippen LogP contribution in [0.5, 0.6) is 0 Å². The van der Waals surface area contributed by atoms with Gasteiger partial charge in [-0.25, -0.2) is 0 Å². The van der Waals surface area contributed by atoms with Crippen LogP contribution >= 0.6 is 47.1 Å². The van der Waals surface area contributed by atoms with Gasteiger partial charge in [0, 0.05) is 5.75 Å². The van der Waals surface area contributed by atoms with Crippen LogP contribution in [-0.4, -0.2) is 21.2 Å². The predicted molar refractivity (Wildman–Crippen MR) is 83.0 cm³/mol. The third-order valence-electron chi connectivity index (χ3n) is 2.45. The molecule has 2 nitrogen and oxygen atoms in total. The monoisotopic (exact) mass is 298 g/mol. The van der Waals surface area contributed by atoms with Crippen LogP contribution in [0.2, 0.25) is 0 Å². The van der Waals surface area contributed by atoms with E-state index in [1.54, 1.807) is 23.1 Å². The second-order valence-corrected chi connectivity index (χ2v) is 7.48. The molecule has 0 radical (unpaired) electrons. The van der Waals surface area contributed by atoms with Gasteiger partial charge in [0.1, 0.15) is 4.38 Å². The first-order chi connectivity index (χ1) is 8.34. The molecule has 0 atom stereocenters. The summed E-state index contributed by atoms with van der Waals surface area (Å²) < 4.78 is 5.60. The molecule has 0 unspecified atom stereocenters. The number of thiazole rings is 1. The predicted octanol–water partition coefficient (Wildman–Crippen LogP) is 4.23. The summed E-state index contributed by atoms with van der Waals surface area (Å²) in [6.45, 7) is 0.961. The highest BCUT2D eigenvalue weighted by atomic mass is 32.2. The molecule has 0 saturated carbocycles. The van der Waals surface area contributed by atoms with Gasteiger partial charge in [-0.2, -0.15) is 0 Å². The second kappa shape index (κ2) is 5.14. The maximum Gasteiger partial charge on any atom is 0.162 e. The van der Waals surface area contributed by atoms with E-state index >= 15 is 0 Å². The van der Waals surface area contributed by atoms with Crippen molar-refractivity contribution < 1.29 is 0 Å². The SMILES string of the molecule is S=c1sc2ccccc2n1CSC1=NCCS1. The minimum Gasteiger partial charge on any atom is -0.313 e. The van der Waals surface area contributed by atoms with Crippen molar-refractivity contribution in [3.05, 3.63) is 28.2 Å². The van der Waals surface area contributed by atoms with Crippen LogP contribution in [-0.2, 0) is 5.88 Å². The molecule has 0 N–H and O–H groups in total. The Kier molecular flexibility index (Phi) is 3.56. The maximum absolute atomic E-state index is 5.41. The van der Waals surface area contributed by atoms with Gasteiger partial charge in [-0.05, 0) is 24.4 Å². The summed E-state index contributed by atoms with van der Waals surface area (Å²) in [6.07, 6.45) is 0. The number of hydrogen-bond acceptors (Lipinski definition) is 5. The van der Waals surface area contributed by atoms with Crippen LogP contribution in [0.1, 0.15) is 0 Å². The number of aromatic nitrogens is 1. The highest BCUT2D eigenvalue weighted by Gasteiger charge is 2.09. The third kappa shape index (κ3) is 2.45. The molecule has 0 spiro atoms. The Morgan fingerprint density at radius 3 is 3.12 bits per heavy atom. The Hall–Kier alpha value is -0.300. The molecule has 3 rings (SSSR count). The molecule has 17 heavy (non-hydrogen) atoms. The van der Waals surface area contributed by atoms with Crippen molar-refractivity contribution in [2.45, 2.75) is 5.88 Å². The van der Waals surface area contributed by atoms with E-state index < -0.39 is 0 Å². The van der Waals surface area contributed by atoms with Crippen LogP contribution < -0.4 is 0 Å². The van der Waals surface area contributed by atoms with Crippen molar-refractivity contribution in [2.75, 3.05) is 12.3 Å². The zero-order valence-electron chi connectivity index (χ0n) is 8.96. The fraction of sp³-hybridized carbons (Fsp3) is 0.273. The van der Waals surface area contributed by atoms with Crippen molar-refractivity contribution in [1.29, 1.82) is 0 Å². The highest BCUT2D eigenvalue weighted by Crippen LogP contribution is 2.28. The number of thioether (sulfide) groups is 2. The van der Waals surface area contributed by atoms with Crippen molar-refractivity contribution in [3.63, 3.8) is 0 Å². The molecule has 0 amide bonds. The molecule has 1 aliphatic heterocycles. The molecule has 6 heteroatoms. The molecule has 0 aliphatic carbocycles. The number of para-hydroxylation sites is 1. The zero-order valence-corrected chi connectivity index (χ0v) is 12.2. The van der Waals surface area contributed by atoms with Crippen molar-refractivity contribution >= 4 is 61.7 Å². The first kappa shape index (κ1) is 11.8. The lowest BCUT2D eigenvalue weighted by Gasteiger charge is -2.03. The van der Waals surface area contributed by atoms with Gasteiger partial charge in [0.05, 0.1) is 22.6 Å². The molecule has 0 fully saturated rings. The van der Waals surface area contributed by atoms with E-state index in [9.17, 15) is 0 Å². The lowest BCUT2D eigenvalue weighted by Crippen LogP contribution is -1.95. The lowest BCUT2D eigenvalue weighted by molar-refractivity contribution is 0.941. The third-order valence-corrected chi connectivity index (χ3v) is 6.11. The topological polar surface area (TPSA) is 17.3 Å². The van der Waals surface area contributed by atoms with E-state index in [0.717, 1.165) is 22.1 Å². The molecule has 1 aromatic heterocycles. The Balaban J connectivity index is 1.89. The normalized spacial score (nSPS) is 15.4. The second-order valence-electron chi connectivity index (χ2n) is 3.53. The average Bonchev–Trinajstić information content (AvgIpc) is 2.93. The molecular formula is C11H10N2S4. The number of fused-ring (bicyclic) bond motifs is 1. The molecule has 88 valence electrons. The Bertz CT molecular complexity index is 626. The van der Waals surface area contributed by atoms with Crippen molar-refractivity contribution in [1.82, 2.24) is 4.57 Å². The van der Waals surface area contributed by atoms with E-state index in [1.165, 1.54) is 14.6 Å². The molecule has 2 aromatic rings. The lowest BCUT2D eigenvalue weighted by atomic mass is 10.3. The maximum atomic E-state index is 5.41. The number of hydrogen-bond donors (Lipinski definition) is 0. The quantitative estimate of drug-likeness (QED) is 0.773. The molecule has 0 saturated heterocycles. The summed E-state index contributed by atoms with van der Waals surface area (Å²) in [5.41, 5.74) is 1.23. The van der Waals surface area contributed by atoms with Gasteiger partial charge in [-0.3, -0.25) is 4.99 Å². The van der Waals surface area contributed by atoms with Gasteiger partial charge < -0.3 is 4.57 Å². The van der Waals surface area contributed by atoms with Crippen LogP contribution in [0.3, 0.4) is 0 Å². The minimum atomic E-state index is 0.870. The van der Waals surface area contributed by atoms with Gasteiger partial charge in [-0.15, -0.1) is 11.3 Å². The smallest absolute Gasteiger partial charge is 0.162 e. The van der Waals surface area contributed by atoms with Crippen LogP contribution in [0.25, 0.3) is 10.2 Å². The first-order valence-corrected chi connectivity index (χ1v) is 8.42. The zero-order chi connectivity index (χ0) is 11.7. The summed E-state index contributed by atoms with van der Waals surface area (Å²) in [4.78, 5) is 4.44. The number of aliphatic imine (C=N–C) groups is 1. The van der Waals surface area contributed by atoms with E-state index in [2.05, 4.69) is 33.8 Å². The molecule has 1 aliphatic rings. The molecule has 1 aromatic carbocycles. The number of rotatable bonds is 2. The van der Waals surface area contributed by atoms with Crippen LogP contribution in [0.4, 0.5) is 0 Å².